The minimum atomic E-state index is -0.627. The maximum Gasteiger partial charge on any atom is 0.307 e. The molecule has 12 atom stereocenters. The quantitative estimate of drug-likeness (QED) is 0.262. The second kappa shape index (κ2) is 11.3. The highest BCUT2D eigenvalue weighted by Crippen LogP contribution is 2.75. The van der Waals surface area contributed by atoms with Gasteiger partial charge in [-0.1, -0.05) is 74.0 Å². The fourth-order valence-corrected chi connectivity index (χ4v) is 12.1. The molecule has 9 heteroatoms. The summed E-state index contributed by atoms with van der Waals surface area (Å²) < 4.78 is 15.5. The van der Waals surface area contributed by atoms with Crippen LogP contribution in [0, 0.1) is 62.6 Å². The van der Waals surface area contributed by atoms with Crippen molar-refractivity contribution >= 4 is 11.9 Å². The van der Waals surface area contributed by atoms with Crippen LogP contribution < -0.4 is 11.5 Å². The van der Waals surface area contributed by atoms with Crippen molar-refractivity contribution in [1.82, 2.24) is 14.8 Å². The molecule has 4 fully saturated rings. The number of nitrogens with two attached hydrogens (primary N) is 2. The van der Waals surface area contributed by atoms with Gasteiger partial charge >= 0.3 is 5.97 Å². The van der Waals surface area contributed by atoms with E-state index in [-0.39, 0.29) is 45.1 Å². The second-order valence-electron chi connectivity index (χ2n) is 18.6. The third-order valence-corrected chi connectivity index (χ3v) is 15.9. The standard InChI is InChI=1S/C38H63N5O4/c1-22(2)24(5)33(6)15-16-35(8)25-11-12-28-34(7)18-46-20-38(28,26(25)13-14-36(35,9)29(33)31(44)45)17-27(43-32(39)41-21-42-43)30(34)47-19-37(10,40)23(3)4/h13,21-25,27-30H,11-12,14-20,40H2,1-10H3,(H,44,45)(H2,39,41,42)/t24-,25+,27-,28+,29-,30+,33-,34+,35-,36+,37+,38+/m1/s1. The van der Waals surface area contributed by atoms with E-state index in [0.29, 0.717) is 49.4 Å². The molecular weight excluding hydrogens is 590 g/mol. The molecule has 2 heterocycles. The Bertz CT molecular complexity index is 1410. The predicted octanol–water partition coefficient (Wildman–Crippen LogP) is 6.75. The van der Waals surface area contributed by atoms with Crippen molar-refractivity contribution in [2.75, 3.05) is 25.6 Å². The zero-order valence-corrected chi connectivity index (χ0v) is 30.8. The smallest absolute Gasteiger partial charge is 0.307 e. The van der Waals surface area contributed by atoms with E-state index in [1.807, 2.05) is 4.68 Å². The van der Waals surface area contributed by atoms with Gasteiger partial charge in [-0.15, -0.1) is 0 Å². The lowest BCUT2D eigenvalue weighted by Crippen LogP contribution is -2.69. The molecule has 1 saturated heterocycles. The first kappa shape index (κ1) is 34.9. The van der Waals surface area contributed by atoms with E-state index in [4.69, 9.17) is 20.9 Å². The molecule has 0 aromatic carbocycles. The van der Waals surface area contributed by atoms with E-state index in [2.05, 4.69) is 85.4 Å². The number of hydrogen-bond donors (Lipinski definition) is 3. The Kier molecular flexibility index (Phi) is 8.37. The number of aliphatic carboxylic acids is 1. The van der Waals surface area contributed by atoms with Gasteiger partial charge in [-0.05, 0) is 91.3 Å². The third-order valence-electron chi connectivity index (χ3n) is 15.9. The van der Waals surface area contributed by atoms with Crippen molar-refractivity contribution in [2.24, 2.45) is 68.3 Å². The number of carboxylic acids is 1. The fraction of sp³-hybridized carbons (Fsp3) is 0.868. The van der Waals surface area contributed by atoms with Crippen LogP contribution in [0.2, 0.25) is 0 Å². The van der Waals surface area contributed by atoms with Gasteiger partial charge in [0.15, 0.2) is 0 Å². The Morgan fingerprint density at radius 3 is 2.43 bits per heavy atom. The van der Waals surface area contributed by atoms with E-state index >= 15 is 0 Å². The van der Waals surface area contributed by atoms with Crippen molar-refractivity contribution in [1.29, 1.82) is 0 Å². The molecule has 6 rings (SSSR count). The summed E-state index contributed by atoms with van der Waals surface area (Å²) in [5, 5.41) is 15.7. The highest BCUT2D eigenvalue weighted by atomic mass is 16.5. The second-order valence-corrected chi connectivity index (χ2v) is 18.6. The summed E-state index contributed by atoms with van der Waals surface area (Å²) in [7, 11) is 0. The lowest BCUT2D eigenvalue weighted by molar-refractivity contribution is -0.252. The molecule has 1 aliphatic heterocycles. The zero-order valence-electron chi connectivity index (χ0n) is 30.8. The van der Waals surface area contributed by atoms with Gasteiger partial charge < -0.3 is 26.0 Å². The average molecular weight is 654 g/mol. The van der Waals surface area contributed by atoms with Crippen LogP contribution in [-0.4, -0.2) is 57.3 Å². The summed E-state index contributed by atoms with van der Waals surface area (Å²) in [5.41, 5.74) is 13.0. The maximum absolute atomic E-state index is 13.4. The van der Waals surface area contributed by atoms with E-state index in [9.17, 15) is 9.90 Å². The van der Waals surface area contributed by atoms with Crippen LogP contribution >= 0.6 is 0 Å². The average Bonchev–Trinajstić information content (AvgIpc) is 3.41. The van der Waals surface area contributed by atoms with Crippen LogP contribution in [0.3, 0.4) is 0 Å². The number of aromatic nitrogens is 3. The topological polar surface area (TPSA) is 139 Å². The lowest BCUT2D eigenvalue weighted by Gasteiger charge is -2.71. The van der Waals surface area contributed by atoms with Crippen LogP contribution in [0.1, 0.15) is 114 Å². The van der Waals surface area contributed by atoms with Gasteiger partial charge in [0.25, 0.3) is 0 Å². The molecule has 0 radical (unpaired) electrons. The van der Waals surface area contributed by atoms with Crippen LogP contribution in [0.5, 0.6) is 0 Å². The number of rotatable bonds is 8. The van der Waals surface area contributed by atoms with Crippen molar-refractivity contribution in [3.63, 3.8) is 0 Å². The van der Waals surface area contributed by atoms with Gasteiger partial charge in [0.05, 0.1) is 37.9 Å². The molecular formula is C38H63N5O4. The largest absolute Gasteiger partial charge is 0.481 e. The fourth-order valence-electron chi connectivity index (χ4n) is 12.1. The van der Waals surface area contributed by atoms with Crippen molar-refractivity contribution < 1.29 is 19.4 Å². The molecule has 5 N–H and O–H groups in total. The molecule has 9 nitrogen and oxygen atoms in total. The normalized spacial score (nSPS) is 45.0. The summed E-state index contributed by atoms with van der Waals surface area (Å²) in [6.45, 7) is 24.2. The monoisotopic (exact) mass is 653 g/mol. The number of ether oxygens (including phenoxy) is 2. The van der Waals surface area contributed by atoms with E-state index in [1.54, 1.807) is 6.33 Å². The van der Waals surface area contributed by atoms with Crippen LogP contribution in [0.4, 0.5) is 5.95 Å². The van der Waals surface area contributed by atoms with E-state index in [1.165, 1.54) is 5.57 Å². The highest BCUT2D eigenvalue weighted by Gasteiger charge is 2.72. The number of carboxylic acid groups (broad SMARTS) is 1. The van der Waals surface area contributed by atoms with Gasteiger partial charge in [0.1, 0.15) is 6.33 Å². The van der Waals surface area contributed by atoms with Gasteiger partial charge in [-0.25, -0.2) is 9.67 Å². The first-order valence-corrected chi connectivity index (χ1v) is 18.4. The molecule has 5 aliphatic rings. The predicted molar refractivity (Wildman–Crippen MR) is 184 cm³/mol. The first-order valence-electron chi connectivity index (χ1n) is 18.4. The van der Waals surface area contributed by atoms with Crippen molar-refractivity contribution in [2.45, 2.75) is 125 Å². The number of anilines is 1. The molecule has 47 heavy (non-hydrogen) atoms. The van der Waals surface area contributed by atoms with E-state index in [0.717, 1.165) is 38.5 Å². The number of hydrogen-bond acceptors (Lipinski definition) is 7. The molecule has 1 aromatic rings. The summed E-state index contributed by atoms with van der Waals surface area (Å²) in [6, 6.07) is -0.125. The zero-order chi connectivity index (χ0) is 34.5. The number of fused-ring (bicyclic) bond motifs is 3. The Morgan fingerprint density at radius 2 is 1.83 bits per heavy atom. The number of carbonyl (C=O) groups is 1. The Balaban J connectivity index is 1.45. The third kappa shape index (κ3) is 4.75. The lowest BCUT2D eigenvalue weighted by atomic mass is 9.34. The summed E-state index contributed by atoms with van der Waals surface area (Å²) >= 11 is 0. The van der Waals surface area contributed by atoms with Crippen molar-refractivity contribution in [3.05, 3.63) is 18.0 Å². The molecule has 0 unspecified atom stereocenters. The summed E-state index contributed by atoms with van der Waals surface area (Å²) in [4.78, 5) is 17.8. The first-order chi connectivity index (χ1) is 21.8. The molecule has 4 aliphatic carbocycles. The minimum Gasteiger partial charge on any atom is -0.481 e. The molecule has 264 valence electrons. The van der Waals surface area contributed by atoms with Crippen LogP contribution in [0.15, 0.2) is 18.0 Å². The van der Waals surface area contributed by atoms with Crippen LogP contribution in [-0.2, 0) is 14.3 Å². The van der Waals surface area contributed by atoms with Gasteiger partial charge in [-0.2, -0.15) is 5.10 Å². The van der Waals surface area contributed by atoms with E-state index < -0.39 is 17.4 Å². The van der Waals surface area contributed by atoms with Gasteiger partial charge in [-0.3, -0.25) is 4.79 Å². The van der Waals surface area contributed by atoms with Crippen molar-refractivity contribution in [3.8, 4) is 0 Å². The molecule has 1 aromatic heterocycles. The number of nitrogen functional groups attached to an aromatic ring is 1. The molecule has 0 amide bonds. The Morgan fingerprint density at radius 1 is 1.13 bits per heavy atom. The summed E-state index contributed by atoms with van der Waals surface area (Å²) in [5.74, 6) is 1.01. The number of nitrogens with zero attached hydrogens (tertiary/aromatic N) is 3. The Labute approximate surface area is 283 Å². The van der Waals surface area contributed by atoms with Crippen LogP contribution in [0.25, 0.3) is 0 Å². The number of allylic oxidation sites excluding steroid dienone is 1. The summed E-state index contributed by atoms with van der Waals surface area (Å²) in [6.07, 6.45) is 9.52. The SMILES string of the molecule is CC(C)[C@@H](C)[C@@]1(C)CC[C@]2(C)[C@H]3CC[C@@H]4[C@@]5(COC[C@]4(C)[C@@H](OC[C@](C)(N)C(C)C)[C@H](n4ncnc4N)C5)C3=CC[C@@]2(C)[C@@H]1C(=O)O. The molecule has 2 bridgehead atoms. The Hall–Kier alpha value is -1.97. The molecule has 3 saturated carbocycles. The van der Waals surface area contributed by atoms with Gasteiger partial charge in [0.2, 0.25) is 5.95 Å². The van der Waals surface area contributed by atoms with Gasteiger partial charge in [0, 0.05) is 16.4 Å². The highest BCUT2D eigenvalue weighted by molar-refractivity contribution is 5.73. The minimum absolute atomic E-state index is 0.125. The molecule has 0 spiro atoms. The maximum atomic E-state index is 13.4.